The number of hydrogen-bond acceptors (Lipinski definition) is 6. The summed E-state index contributed by atoms with van der Waals surface area (Å²) in [5.41, 5.74) is 0.758. The number of halogens is 2. The van der Waals surface area contributed by atoms with E-state index >= 15 is 4.39 Å². The SMILES string of the molecule is CC(=O)N(CCCN1CCCC1)c1ccc(CN2CCC(NC(=O)c3cc(=O)c4ccc(F)cc4o3)CC2)cc1F. The Balaban J connectivity index is 1.13. The molecule has 0 atom stereocenters. The lowest BCUT2D eigenvalue weighted by Crippen LogP contribution is -2.44. The van der Waals surface area contributed by atoms with Gasteiger partial charge >= 0.3 is 0 Å². The molecule has 0 aliphatic carbocycles. The van der Waals surface area contributed by atoms with Crippen molar-refractivity contribution in [1.29, 1.82) is 0 Å². The predicted octanol–water partition coefficient (Wildman–Crippen LogP) is 4.30. The highest BCUT2D eigenvalue weighted by Crippen LogP contribution is 2.24. The number of piperidine rings is 1. The summed E-state index contributed by atoms with van der Waals surface area (Å²) < 4.78 is 34.2. The molecule has 0 spiro atoms. The van der Waals surface area contributed by atoms with Crippen LogP contribution in [0.3, 0.4) is 0 Å². The van der Waals surface area contributed by atoms with Gasteiger partial charge < -0.3 is 19.5 Å². The number of rotatable bonds is 9. The molecule has 2 saturated heterocycles. The third-order valence-corrected chi connectivity index (χ3v) is 7.98. The molecule has 10 heteroatoms. The first kappa shape index (κ1) is 28.9. The van der Waals surface area contributed by atoms with Gasteiger partial charge in [-0.3, -0.25) is 19.3 Å². The van der Waals surface area contributed by atoms with Crippen LogP contribution in [-0.2, 0) is 11.3 Å². The van der Waals surface area contributed by atoms with E-state index < -0.39 is 23.0 Å². The molecule has 2 aromatic carbocycles. The van der Waals surface area contributed by atoms with Gasteiger partial charge in [0.1, 0.15) is 17.2 Å². The molecule has 0 bridgehead atoms. The van der Waals surface area contributed by atoms with Crippen LogP contribution in [0.1, 0.15) is 55.1 Å². The number of carbonyl (C=O) groups is 2. The Labute approximate surface area is 237 Å². The maximum Gasteiger partial charge on any atom is 0.287 e. The minimum atomic E-state index is -0.552. The number of anilines is 1. The number of likely N-dealkylation sites (tertiary alicyclic amines) is 2. The first-order valence-electron chi connectivity index (χ1n) is 14.3. The molecule has 1 N–H and O–H groups in total. The summed E-state index contributed by atoms with van der Waals surface area (Å²) in [6, 6.07) is 9.68. The average molecular weight is 567 g/mol. The summed E-state index contributed by atoms with van der Waals surface area (Å²) in [5, 5.41) is 3.12. The minimum Gasteiger partial charge on any atom is -0.451 e. The molecule has 1 aromatic heterocycles. The van der Waals surface area contributed by atoms with Crippen molar-refractivity contribution in [2.45, 2.75) is 51.6 Å². The highest BCUT2D eigenvalue weighted by atomic mass is 19.1. The van der Waals surface area contributed by atoms with Gasteiger partial charge in [-0.25, -0.2) is 8.78 Å². The minimum absolute atomic E-state index is 0.0317. The van der Waals surface area contributed by atoms with E-state index in [9.17, 15) is 18.8 Å². The van der Waals surface area contributed by atoms with E-state index in [4.69, 9.17) is 4.42 Å². The lowest BCUT2D eigenvalue weighted by molar-refractivity contribution is -0.116. The number of nitrogens with zero attached hydrogens (tertiary/aromatic N) is 3. The van der Waals surface area contributed by atoms with Crippen molar-refractivity contribution in [2.75, 3.05) is 44.2 Å². The fourth-order valence-corrected chi connectivity index (χ4v) is 5.76. The van der Waals surface area contributed by atoms with Crippen LogP contribution in [0, 0.1) is 11.6 Å². The fraction of sp³-hybridized carbons (Fsp3) is 0.452. The number of fused-ring (bicyclic) bond motifs is 1. The molecule has 2 fully saturated rings. The van der Waals surface area contributed by atoms with Crippen molar-refractivity contribution < 1.29 is 22.8 Å². The van der Waals surface area contributed by atoms with E-state index in [1.807, 2.05) is 6.07 Å². The highest BCUT2D eigenvalue weighted by Gasteiger charge is 2.24. The van der Waals surface area contributed by atoms with Crippen LogP contribution in [0.2, 0.25) is 0 Å². The molecule has 0 radical (unpaired) electrons. The van der Waals surface area contributed by atoms with Crippen LogP contribution < -0.4 is 15.6 Å². The van der Waals surface area contributed by atoms with Gasteiger partial charge in [-0.2, -0.15) is 0 Å². The van der Waals surface area contributed by atoms with Gasteiger partial charge in [0.25, 0.3) is 5.91 Å². The summed E-state index contributed by atoms with van der Waals surface area (Å²) in [6.45, 7) is 7.00. The van der Waals surface area contributed by atoms with E-state index in [2.05, 4.69) is 15.1 Å². The van der Waals surface area contributed by atoms with Gasteiger partial charge in [0.2, 0.25) is 5.91 Å². The maximum atomic E-state index is 15.1. The molecule has 3 heterocycles. The number of hydrogen-bond donors (Lipinski definition) is 1. The zero-order chi connectivity index (χ0) is 28.9. The zero-order valence-electron chi connectivity index (χ0n) is 23.3. The third kappa shape index (κ3) is 7.18. The summed E-state index contributed by atoms with van der Waals surface area (Å²) in [7, 11) is 0. The highest BCUT2D eigenvalue weighted by molar-refractivity contribution is 5.93. The first-order valence-corrected chi connectivity index (χ1v) is 14.3. The Morgan fingerprint density at radius 2 is 1.76 bits per heavy atom. The van der Waals surface area contributed by atoms with Crippen LogP contribution in [0.15, 0.2) is 51.7 Å². The fourth-order valence-electron chi connectivity index (χ4n) is 5.76. The molecular weight excluding hydrogens is 530 g/mol. The van der Waals surface area contributed by atoms with E-state index in [1.165, 1.54) is 42.9 Å². The Bertz CT molecular complexity index is 1460. The monoisotopic (exact) mass is 566 g/mol. The van der Waals surface area contributed by atoms with Crippen molar-refractivity contribution in [3.05, 3.63) is 75.6 Å². The second kappa shape index (κ2) is 12.9. The predicted molar refractivity (Wildman–Crippen MR) is 153 cm³/mol. The molecule has 8 nitrogen and oxygen atoms in total. The topological polar surface area (TPSA) is 86.1 Å². The number of amides is 2. The van der Waals surface area contributed by atoms with Gasteiger partial charge in [-0.15, -0.1) is 0 Å². The molecule has 2 amide bonds. The van der Waals surface area contributed by atoms with Gasteiger partial charge in [-0.05, 0) is 81.6 Å². The molecule has 218 valence electrons. The van der Waals surface area contributed by atoms with E-state index in [0.717, 1.165) is 43.8 Å². The molecule has 0 saturated carbocycles. The second-order valence-corrected chi connectivity index (χ2v) is 11.0. The van der Waals surface area contributed by atoms with Gasteiger partial charge in [0.05, 0.1) is 11.1 Å². The van der Waals surface area contributed by atoms with Crippen LogP contribution >= 0.6 is 0 Å². The van der Waals surface area contributed by atoms with Gasteiger partial charge in [0, 0.05) is 51.3 Å². The average Bonchev–Trinajstić information content (AvgIpc) is 3.46. The summed E-state index contributed by atoms with van der Waals surface area (Å²) in [5.74, 6) is -1.79. The van der Waals surface area contributed by atoms with Crippen LogP contribution in [-0.4, -0.2) is 66.9 Å². The number of benzene rings is 2. The zero-order valence-corrected chi connectivity index (χ0v) is 23.3. The smallest absolute Gasteiger partial charge is 0.287 e. The van der Waals surface area contributed by atoms with Crippen LogP contribution in [0.4, 0.5) is 14.5 Å². The number of carbonyl (C=O) groups excluding carboxylic acids is 2. The summed E-state index contributed by atoms with van der Waals surface area (Å²) >= 11 is 0. The van der Waals surface area contributed by atoms with Crippen LogP contribution in [0.25, 0.3) is 11.0 Å². The van der Waals surface area contributed by atoms with Crippen LogP contribution in [0.5, 0.6) is 0 Å². The third-order valence-electron chi connectivity index (χ3n) is 7.98. The Hall–Kier alpha value is -3.63. The van der Waals surface area contributed by atoms with E-state index in [1.54, 1.807) is 6.07 Å². The maximum absolute atomic E-state index is 15.1. The van der Waals surface area contributed by atoms with E-state index in [-0.39, 0.29) is 28.7 Å². The van der Waals surface area contributed by atoms with Crippen molar-refractivity contribution >= 4 is 28.5 Å². The quantitative estimate of drug-likeness (QED) is 0.416. The molecule has 2 aliphatic heterocycles. The second-order valence-electron chi connectivity index (χ2n) is 11.0. The van der Waals surface area contributed by atoms with E-state index in [0.29, 0.717) is 44.7 Å². The van der Waals surface area contributed by atoms with Gasteiger partial charge in [0.15, 0.2) is 11.2 Å². The lowest BCUT2D eigenvalue weighted by atomic mass is 10.0. The van der Waals surface area contributed by atoms with Gasteiger partial charge in [-0.1, -0.05) is 6.07 Å². The molecule has 41 heavy (non-hydrogen) atoms. The van der Waals surface area contributed by atoms with Crippen molar-refractivity contribution in [1.82, 2.24) is 15.1 Å². The van der Waals surface area contributed by atoms with Crippen molar-refractivity contribution in [3.8, 4) is 0 Å². The number of nitrogens with one attached hydrogen (secondary N) is 1. The standard InChI is InChI=1S/C31H36F2N4O4/c1-21(38)37(14-4-13-35-11-2-3-12-35)27-8-5-22(17-26(27)33)20-36-15-9-24(10-16-36)34-31(40)30-19-28(39)25-7-6-23(32)18-29(25)41-30/h5-8,17-19,24H,2-4,9-16,20H2,1H3,(H,34,40). The van der Waals surface area contributed by atoms with Crippen molar-refractivity contribution in [3.63, 3.8) is 0 Å². The lowest BCUT2D eigenvalue weighted by Gasteiger charge is -2.32. The van der Waals surface area contributed by atoms with Crippen molar-refractivity contribution in [2.24, 2.45) is 0 Å². The summed E-state index contributed by atoms with van der Waals surface area (Å²) in [6.07, 6.45) is 4.58. The molecular formula is C31H36F2N4O4. The molecule has 0 unspecified atom stereocenters. The largest absolute Gasteiger partial charge is 0.451 e. The summed E-state index contributed by atoms with van der Waals surface area (Å²) in [4.78, 5) is 43.4. The molecule has 5 rings (SSSR count). The first-order chi connectivity index (χ1) is 19.8. The Morgan fingerprint density at radius 3 is 2.46 bits per heavy atom. The molecule has 2 aliphatic rings. The molecule has 3 aromatic rings. The Kier molecular flexibility index (Phi) is 9.09. The normalized spacial score (nSPS) is 16.8. The Morgan fingerprint density at radius 1 is 1.00 bits per heavy atom.